The Balaban J connectivity index is 2.65. The molecule has 0 aromatic carbocycles. The number of rotatable bonds is 5. The van der Waals surface area contributed by atoms with E-state index in [1.165, 1.54) is 6.04 Å². The van der Waals surface area contributed by atoms with E-state index in [-0.39, 0.29) is 5.41 Å². The van der Waals surface area contributed by atoms with E-state index >= 15 is 0 Å². The van der Waals surface area contributed by atoms with E-state index in [9.17, 15) is 0 Å². The Morgan fingerprint density at radius 3 is 2.27 bits per heavy atom. The minimum atomic E-state index is -1.07. The van der Waals surface area contributed by atoms with Crippen LogP contribution in [0.3, 0.4) is 0 Å². The van der Waals surface area contributed by atoms with Crippen LogP contribution in [0.2, 0.25) is 25.7 Å². The van der Waals surface area contributed by atoms with Gasteiger partial charge in [0.15, 0.2) is 0 Å². The molecule has 0 aliphatic heterocycles. The fraction of sp³-hybridized carbons (Fsp3) is 0.833. The predicted octanol–water partition coefficient (Wildman–Crippen LogP) is 5.10. The van der Waals surface area contributed by atoms with E-state index in [4.69, 9.17) is 23.2 Å². The van der Waals surface area contributed by atoms with Gasteiger partial charge in [0, 0.05) is 13.5 Å². The zero-order valence-corrected chi connectivity index (χ0v) is 12.8. The van der Waals surface area contributed by atoms with Crippen molar-refractivity contribution < 1.29 is 0 Å². The standard InChI is InChI=1S/C12H22Cl2Si/c1-6-7-8-11(2)10(12(11,13)14)9-15(3,4)5/h6,10H,1,7-9H2,2-5H3. The van der Waals surface area contributed by atoms with Crippen molar-refractivity contribution in [3.63, 3.8) is 0 Å². The summed E-state index contributed by atoms with van der Waals surface area (Å²) in [6.07, 6.45) is 4.04. The first-order valence-corrected chi connectivity index (χ1v) is 10.1. The van der Waals surface area contributed by atoms with Crippen LogP contribution < -0.4 is 0 Å². The third-order valence-electron chi connectivity index (χ3n) is 3.57. The Morgan fingerprint density at radius 1 is 1.33 bits per heavy atom. The van der Waals surface area contributed by atoms with Gasteiger partial charge < -0.3 is 0 Å². The van der Waals surface area contributed by atoms with E-state index in [0.717, 1.165) is 12.8 Å². The highest BCUT2D eigenvalue weighted by atomic mass is 35.5. The molecule has 1 rings (SSSR count). The van der Waals surface area contributed by atoms with Crippen LogP contribution in [-0.2, 0) is 0 Å². The lowest BCUT2D eigenvalue weighted by Gasteiger charge is -2.17. The fourth-order valence-corrected chi connectivity index (χ4v) is 5.60. The molecule has 1 aliphatic rings. The zero-order valence-electron chi connectivity index (χ0n) is 10.2. The van der Waals surface area contributed by atoms with Gasteiger partial charge in [-0.25, -0.2) is 0 Å². The quantitative estimate of drug-likeness (QED) is 0.368. The molecule has 0 aromatic rings. The second kappa shape index (κ2) is 4.08. The average molecular weight is 265 g/mol. The molecule has 88 valence electrons. The average Bonchev–Trinajstić information content (AvgIpc) is 2.45. The van der Waals surface area contributed by atoms with Gasteiger partial charge in [-0.2, -0.15) is 0 Å². The number of allylic oxidation sites excluding steroid dienone is 1. The van der Waals surface area contributed by atoms with Crippen LogP contribution >= 0.6 is 23.2 Å². The molecule has 1 aliphatic carbocycles. The molecule has 0 nitrogen and oxygen atoms in total. The fourth-order valence-electron chi connectivity index (χ4n) is 2.38. The smallest absolute Gasteiger partial charge is 0.103 e. The maximum Gasteiger partial charge on any atom is 0.127 e. The van der Waals surface area contributed by atoms with Crippen LogP contribution in [0, 0.1) is 11.3 Å². The van der Waals surface area contributed by atoms with Crippen LogP contribution in [0.4, 0.5) is 0 Å². The van der Waals surface area contributed by atoms with Gasteiger partial charge in [0.1, 0.15) is 4.33 Å². The highest BCUT2D eigenvalue weighted by Crippen LogP contribution is 2.73. The molecular weight excluding hydrogens is 243 g/mol. The molecule has 1 fully saturated rings. The van der Waals surface area contributed by atoms with Gasteiger partial charge in [-0.05, 0) is 18.8 Å². The maximum atomic E-state index is 6.41. The largest absolute Gasteiger partial charge is 0.127 e. The van der Waals surface area contributed by atoms with Crippen LogP contribution in [-0.4, -0.2) is 12.4 Å². The summed E-state index contributed by atoms with van der Waals surface area (Å²) in [5.41, 5.74) is 0.116. The van der Waals surface area contributed by atoms with Crippen LogP contribution in [0.1, 0.15) is 19.8 Å². The molecule has 0 N–H and O–H groups in total. The van der Waals surface area contributed by atoms with Crippen LogP contribution in [0.15, 0.2) is 12.7 Å². The summed E-state index contributed by atoms with van der Waals surface area (Å²) in [7, 11) is -1.07. The van der Waals surface area contributed by atoms with Gasteiger partial charge in [0.05, 0.1) is 0 Å². The molecule has 0 amide bonds. The van der Waals surface area contributed by atoms with Crippen molar-refractivity contribution in [2.24, 2.45) is 11.3 Å². The second-order valence-electron chi connectivity index (χ2n) is 6.19. The summed E-state index contributed by atoms with van der Waals surface area (Å²) in [5, 5.41) is 0. The van der Waals surface area contributed by atoms with Gasteiger partial charge in [-0.3, -0.25) is 0 Å². The van der Waals surface area contributed by atoms with Gasteiger partial charge >= 0.3 is 0 Å². The first-order valence-electron chi connectivity index (χ1n) is 5.64. The Morgan fingerprint density at radius 2 is 1.87 bits per heavy atom. The number of hydrogen-bond acceptors (Lipinski definition) is 0. The molecule has 2 unspecified atom stereocenters. The van der Waals surface area contributed by atoms with Crippen LogP contribution in [0.25, 0.3) is 0 Å². The van der Waals surface area contributed by atoms with Crippen molar-refractivity contribution in [2.75, 3.05) is 0 Å². The normalized spacial score (nSPS) is 33.9. The first kappa shape index (κ1) is 13.6. The van der Waals surface area contributed by atoms with Crippen molar-refractivity contribution in [3.8, 4) is 0 Å². The van der Waals surface area contributed by atoms with Crippen molar-refractivity contribution >= 4 is 31.3 Å². The summed E-state index contributed by atoms with van der Waals surface area (Å²) >= 11 is 12.8. The molecular formula is C12H22Cl2Si. The maximum absolute atomic E-state index is 6.41. The van der Waals surface area contributed by atoms with Crippen molar-refractivity contribution in [3.05, 3.63) is 12.7 Å². The lowest BCUT2D eigenvalue weighted by Crippen LogP contribution is -2.21. The van der Waals surface area contributed by atoms with Gasteiger partial charge in [0.2, 0.25) is 0 Å². The summed E-state index contributed by atoms with van der Waals surface area (Å²) in [4.78, 5) is 0. The predicted molar refractivity (Wildman–Crippen MR) is 73.6 cm³/mol. The Hall–Kier alpha value is 0.537. The van der Waals surface area contributed by atoms with Crippen molar-refractivity contribution in [1.82, 2.24) is 0 Å². The van der Waals surface area contributed by atoms with Crippen molar-refractivity contribution in [2.45, 2.75) is 49.8 Å². The van der Waals surface area contributed by atoms with E-state index < -0.39 is 12.4 Å². The van der Waals surface area contributed by atoms with Crippen molar-refractivity contribution in [1.29, 1.82) is 0 Å². The third kappa shape index (κ3) is 2.62. The minimum absolute atomic E-state index is 0.116. The lowest BCUT2D eigenvalue weighted by molar-refractivity contribution is 0.474. The molecule has 0 radical (unpaired) electrons. The number of halogens is 2. The molecule has 2 atom stereocenters. The molecule has 3 heteroatoms. The Labute approximate surface area is 105 Å². The molecule has 0 saturated heterocycles. The minimum Gasteiger partial charge on any atom is -0.103 e. The number of alkyl halides is 2. The first-order chi connectivity index (χ1) is 6.65. The monoisotopic (exact) mass is 264 g/mol. The number of hydrogen-bond donors (Lipinski definition) is 0. The molecule has 0 heterocycles. The summed E-state index contributed by atoms with van der Waals surface area (Å²) in [5.74, 6) is 0.486. The second-order valence-corrected chi connectivity index (χ2v) is 13.1. The highest BCUT2D eigenvalue weighted by molar-refractivity contribution is 6.76. The highest BCUT2D eigenvalue weighted by Gasteiger charge is 2.71. The third-order valence-corrected chi connectivity index (χ3v) is 6.59. The Bertz CT molecular complexity index is 255. The van der Waals surface area contributed by atoms with E-state index in [2.05, 4.69) is 33.1 Å². The van der Waals surface area contributed by atoms with E-state index in [1.54, 1.807) is 0 Å². The summed E-state index contributed by atoms with van der Waals surface area (Å²) in [6.45, 7) is 13.1. The van der Waals surface area contributed by atoms with Gasteiger partial charge in [0.25, 0.3) is 0 Å². The van der Waals surface area contributed by atoms with Gasteiger partial charge in [-0.1, -0.05) is 38.7 Å². The van der Waals surface area contributed by atoms with E-state index in [0.29, 0.717) is 5.92 Å². The summed E-state index contributed by atoms with van der Waals surface area (Å²) in [6, 6.07) is 1.23. The van der Waals surface area contributed by atoms with Gasteiger partial charge in [-0.15, -0.1) is 29.8 Å². The van der Waals surface area contributed by atoms with Crippen LogP contribution in [0.5, 0.6) is 0 Å². The topological polar surface area (TPSA) is 0 Å². The molecule has 0 spiro atoms. The molecule has 15 heavy (non-hydrogen) atoms. The SMILES string of the molecule is C=CCCC1(C)C(C[Si](C)(C)C)C1(Cl)Cl. The summed E-state index contributed by atoms with van der Waals surface area (Å²) < 4.78 is -0.490. The lowest BCUT2D eigenvalue weighted by atomic mass is 10.0. The molecule has 0 aromatic heterocycles. The zero-order chi connectivity index (χ0) is 11.9. The van der Waals surface area contributed by atoms with E-state index in [1.807, 2.05) is 6.08 Å². The molecule has 1 saturated carbocycles. The molecule has 0 bridgehead atoms. The Kier molecular flexibility index (Phi) is 3.70.